The molecule has 1 N–H and O–H groups in total. The zero-order valence-corrected chi connectivity index (χ0v) is 19.8. The van der Waals surface area contributed by atoms with Crippen molar-refractivity contribution in [3.05, 3.63) is 85.0 Å². The molecule has 3 aromatic rings. The first-order valence-corrected chi connectivity index (χ1v) is 11.0. The highest BCUT2D eigenvalue weighted by Gasteiger charge is 2.15. The molecule has 0 atom stereocenters. The van der Waals surface area contributed by atoms with Gasteiger partial charge in [-0.2, -0.15) is 0 Å². The molecule has 30 heavy (non-hydrogen) atoms. The highest BCUT2D eigenvalue weighted by molar-refractivity contribution is 9.10. The van der Waals surface area contributed by atoms with Crippen LogP contribution in [0.5, 0.6) is 11.5 Å². The molecule has 158 valence electrons. The molecule has 0 bridgehead atoms. The van der Waals surface area contributed by atoms with Crippen LogP contribution in [0.2, 0.25) is 15.1 Å². The fraction of sp³-hybridized carbons (Fsp3) is 0.182. The van der Waals surface area contributed by atoms with E-state index in [1.807, 2.05) is 25.1 Å². The maximum absolute atomic E-state index is 14.0. The summed E-state index contributed by atoms with van der Waals surface area (Å²) in [6, 6.07) is 13.7. The minimum Gasteiger partial charge on any atom is -0.490 e. The number of hydrogen-bond donors (Lipinski definition) is 1. The number of anilines is 1. The van der Waals surface area contributed by atoms with Crippen molar-refractivity contribution in [2.45, 2.75) is 20.1 Å². The first kappa shape index (κ1) is 23.0. The van der Waals surface area contributed by atoms with E-state index in [2.05, 4.69) is 21.2 Å². The normalized spacial score (nSPS) is 10.7. The molecule has 8 heteroatoms. The zero-order chi connectivity index (χ0) is 21.7. The maximum atomic E-state index is 14.0. The van der Waals surface area contributed by atoms with Crippen molar-refractivity contribution < 1.29 is 13.9 Å². The minimum atomic E-state index is -0.418. The van der Waals surface area contributed by atoms with Crippen LogP contribution in [0.25, 0.3) is 0 Å². The van der Waals surface area contributed by atoms with Crippen molar-refractivity contribution >= 4 is 56.4 Å². The van der Waals surface area contributed by atoms with Gasteiger partial charge in [0.25, 0.3) is 0 Å². The van der Waals surface area contributed by atoms with Gasteiger partial charge in [0, 0.05) is 17.8 Å². The third-order valence-electron chi connectivity index (χ3n) is 4.21. The molecule has 3 nitrogen and oxygen atoms in total. The summed E-state index contributed by atoms with van der Waals surface area (Å²) in [5, 5.41) is 4.58. The Balaban J connectivity index is 1.78. The van der Waals surface area contributed by atoms with Gasteiger partial charge in [-0.3, -0.25) is 0 Å². The average Bonchev–Trinajstić information content (AvgIpc) is 2.70. The highest BCUT2D eigenvalue weighted by atomic mass is 79.9. The molecule has 0 saturated heterocycles. The summed E-state index contributed by atoms with van der Waals surface area (Å²) in [6.45, 7) is 2.83. The van der Waals surface area contributed by atoms with E-state index in [0.29, 0.717) is 49.8 Å². The Morgan fingerprint density at radius 2 is 1.77 bits per heavy atom. The van der Waals surface area contributed by atoms with Gasteiger partial charge in [0.05, 0.1) is 26.1 Å². The molecule has 3 aromatic carbocycles. The van der Waals surface area contributed by atoms with Crippen molar-refractivity contribution in [3.63, 3.8) is 0 Å². The molecule has 3 rings (SSSR count). The van der Waals surface area contributed by atoms with Crippen LogP contribution in [0.1, 0.15) is 18.1 Å². The number of halogens is 5. The predicted molar refractivity (Wildman–Crippen MR) is 125 cm³/mol. The van der Waals surface area contributed by atoms with E-state index >= 15 is 0 Å². The summed E-state index contributed by atoms with van der Waals surface area (Å²) in [6.07, 6.45) is 0. The molecule has 0 fully saturated rings. The monoisotopic (exact) mass is 531 g/mol. The lowest BCUT2D eigenvalue weighted by atomic mass is 10.2. The molecular weight excluding hydrogens is 516 g/mol. The van der Waals surface area contributed by atoms with Crippen LogP contribution in [-0.4, -0.2) is 6.61 Å². The van der Waals surface area contributed by atoms with E-state index in [1.54, 1.807) is 24.3 Å². The number of hydrogen-bond acceptors (Lipinski definition) is 3. The zero-order valence-electron chi connectivity index (χ0n) is 15.9. The molecule has 0 aliphatic heterocycles. The third kappa shape index (κ3) is 5.73. The molecule has 0 spiro atoms. The Morgan fingerprint density at radius 1 is 0.967 bits per heavy atom. The van der Waals surface area contributed by atoms with Crippen LogP contribution in [-0.2, 0) is 13.2 Å². The molecule has 0 heterocycles. The third-order valence-corrected chi connectivity index (χ3v) is 5.89. The molecule has 0 aliphatic carbocycles. The summed E-state index contributed by atoms with van der Waals surface area (Å²) in [7, 11) is 0. The number of benzene rings is 3. The van der Waals surface area contributed by atoms with Gasteiger partial charge < -0.3 is 14.8 Å². The van der Waals surface area contributed by atoms with Gasteiger partial charge in [0.2, 0.25) is 0 Å². The van der Waals surface area contributed by atoms with Crippen LogP contribution in [0.4, 0.5) is 10.1 Å². The average molecular weight is 534 g/mol. The van der Waals surface area contributed by atoms with Gasteiger partial charge >= 0.3 is 0 Å². The second-order valence-electron chi connectivity index (χ2n) is 6.31. The highest BCUT2D eigenvalue weighted by Crippen LogP contribution is 2.38. The van der Waals surface area contributed by atoms with Crippen LogP contribution >= 0.6 is 50.7 Å². The fourth-order valence-electron chi connectivity index (χ4n) is 2.75. The Kier molecular flexibility index (Phi) is 8.12. The summed E-state index contributed by atoms with van der Waals surface area (Å²) >= 11 is 21.6. The molecular formula is C22H18BrCl3FNO2. The van der Waals surface area contributed by atoms with E-state index in [-0.39, 0.29) is 6.61 Å². The Hall–Kier alpha value is -1.66. The smallest absolute Gasteiger partial charge is 0.175 e. The lowest BCUT2D eigenvalue weighted by molar-refractivity contribution is 0.264. The number of ether oxygens (including phenoxy) is 2. The Bertz CT molecular complexity index is 1030. The first-order chi connectivity index (χ1) is 14.4. The van der Waals surface area contributed by atoms with Gasteiger partial charge in [0.1, 0.15) is 12.4 Å². The molecule has 0 amide bonds. The summed E-state index contributed by atoms with van der Waals surface area (Å²) in [4.78, 5) is 0. The lowest BCUT2D eigenvalue weighted by Crippen LogP contribution is -2.05. The van der Waals surface area contributed by atoms with Crippen LogP contribution in [0, 0.1) is 5.82 Å². The quantitative estimate of drug-likeness (QED) is 0.317. The van der Waals surface area contributed by atoms with Gasteiger partial charge in [-0.15, -0.1) is 0 Å². The molecule has 0 aromatic heterocycles. The summed E-state index contributed by atoms with van der Waals surface area (Å²) in [5.74, 6) is 0.610. The van der Waals surface area contributed by atoms with Gasteiger partial charge in [-0.25, -0.2) is 4.39 Å². The molecule has 0 saturated carbocycles. The largest absolute Gasteiger partial charge is 0.490 e. The molecule has 0 aliphatic rings. The van der Waals surface area contributed by atoms with Gasteiger partial charge in [0.15, 0.2) is 11.5 Å². The minimum absolute atomic E-state index is 0.0228. The van der Waals surface area contributed by atoms with Crippen molar-refractivity contribution in [1.29, 1.82) is 0 Å². The van der Waals surface area contributed by atoms with Crippen molar-refractivity contribution in [2.75, 3.05) is 11.9 Å². The van der Waals surface area contributed by atoms with E-state index < -0.39 is 5.82 Å². The van der Waals surface area contributed by atoms with Gasteiger partial charge in [-0.05, 0) is 70.9 Å². The van der Waals surface area contributed by atoms with E-state index in [0.717, 1.165) is 11.3 Å². The Labute approximate surface area is 198 Å². The van der Waals surface area contributed by atoms with E-state index in [4.69, 9.17) is 44.3 Å². The van der Waals surface area contributed by atoms with Crippen molar-refractivity contribution in [3.8, 4) is 11.5 Å². The lowest BCUT2D eigenvalue weighted by Gasteiger charge is -2.17. The fourth-order valence-corrected chi connectivity index (χ4v) is 3.87. The summed E-state index contributed by atoms with van der Waals surface area (Å²) < 4.78 is 26.3. The standard InChI is InChI=1S/C22H18BrCl3FNO2/c1-2-29-21-9-13(11-28-14-6-7-18(25)19(26)10-14)8-16(23)22(21)30-12-15-17(24)4-3-5-20(15)27/h3-10,28H,2,11-12H2,1H3. The second-order valence-corrected chi connectivity index (χ2v) is 8.39. The topological polar surface area (TPSA) is 30.5 Å². The Morgan fingerprint density at radius 3 is 2.47 bits per heavy atom. The molecule has 0 radical (unpaired) electrons. The summed E-state index contributed by atoms with van der Waals surface area (Å²) in [5.41, 5.74) is 2.08. The van der Waals surface area contributed by atoms with Crippen molar-refractivity contribution in [2.24, 2.45) is 0 Å². The second kappa shape index (κ2) is 10.6. The van der Waals surface area contributed by atoms with Crippen LogP contribution < -0.4 is 14.8 Å². The predicted octanol–water partition coefficient (Wildman–Crippen LogP) is 8.14. The van der Waals surface area contributed by atoms with Crippen molar-refractivity contribution in [1.82, 2.24) is 0 Å². The van der Waals surface area contributed by atoms with E-state index in [1.165, 1.54) is 6.07 Å². The SMILES string of the molecule is CCOc1cc(CNc2ccc(Cl)c(Cl)c2)cc(Br)c1OCc1c(F)cccc1Cl. The number of nitrogens with one attached hydrogen (secondary N) is 1. The van der Waals surface area contributed by atoms with Crippen LogP contribution in [0.3, 0.4) is 0 Å². The van der Waals surface area contributed by atoms with Gasteiger partial charge in [-0.1, -0.05) is 40.9 Å². The van der Waals surface area contributed by atoms with E-state index in [9.17, 15) is 4.39 Å². The first-order valence-electron chi connectivity index (χ1n) is 9.09. The molecule has 0 unspecified atom stereocenters. The number of rotatable bonds is 8. The maximum Gasteiger partial charge on any atom is 0.175 e. The van der Waals surface area contributed by atoms with Crippen LogP contribution in [0.15, 0.2) is 53.0 Å².